The zero-order valence-corrected chi connectivity index (χ0v) is 7.86. The van der Waals surface area contributed by atoms with Crippen LogP contribution in [0, 0.1) is 6.92 Å². The Labute approximate surface area is 79.0 Å². The highest BCUT2D eigenvalue weighted by Gasteiger charge is 2.09. The summed E-state index contributed by atoms with van der Waals surface area (Å²) in [6.07, 6.45) is 5.52. The van der Waals surface area contributed by atoms with Crippen molar-refractivity contribution >= 4 is 0 Å². The van der Waals surface area contributed by atoms with Crippen molar-refractivity contribution in [1.82, 2.24) is 0 Å². The third kappa shape index (κ3) is 2.19. The Morgan fingerprint density at radius 1 is 1.46 bits per heavy atom. The number of ether oxygens (including phenoxy) is 1. The van der Waals surface area contributed by atoms with E-state index < -0.39 is 0 Å². The van der Waals surface area contributed by atoms with Gasteiger partial charge in [-0.15, -0.1) is 0 Å². The van der Waals surface area contributed by atoms with Gasteiger partial charge < -0.3 is 4.74 Å². The summed E-state index contributed by atoms with van der Waals surface area (Å²) in [5, 5.41) is 0. The maximum absolute atomic E-state index is 5.49. The molecule has 1 aliphatic heterocycles. The minimum Gasteiger partial charge on any atom is -0.370 e. The average Bonchev–Trinajstić information content (AvgIpc) is 2.57. The molecule has 0 saturated carbocycles. The van der Waals surface area contributed by atoms with Crippen LogP contribution in [0.1, 0.15) is 11.1 Å². The summed E-state index contributed by atoms with van der Waals surface area (Å²) in [6.45, 7) is 2.89. The molecule has 1 atom stereocenters. The first-order valence-corrected chi connectivity index (χ1v) is 4.68. The van der Waals surface area contributed by atoms with Gasteiger partial charge in [0.15, 0.2) is 0 Å². The van der Waals surface area contributed by atoms with Gasteiger partial charge in [0.05, 0.1) is 12.7 Å². The van der Waals surface area contributed by atoms with Crippen LogP contribution in [0.2, 0.25) is 0 Å². The number of rotatable bonds is 2. The summed E-state index contributed by atoms with van der Waals surface area (Å²) < 4.78 is 5.49. The first-order chi connectivity index (χ1) is 6.34. The molecule has 0 bridgehead atoms. The largest absolute Gasteiger partial charge is 0.370 e. The van der Waals surface area contributed by atoms with E-state index in [1.165, 1.54) is 11.1 Å². The van der Waals surface area contributed by atoms with Crippen LogP contribution in [-0.4, -0.2) is 12.7 Å². The topological polar surface area (TPSA) is 9.23 Å². The van der Waals surface area contributed by atoms with E-state index in [9.17, 15) is 0 Å². The quantitative estimate of drug-likeness (QED) is 0.626. The molecule has 0 amide bonds. The van der Waals surface area contributed by atoms with Gasteiger partial charge in [0.2, 0.25) is 0 Å². The molecule has 0 saturated heterocycles. The molecule has 2 rings (SSSR count). The Morgan fingerprint density at radius 2 is 2.38 bits per heavy atom. The van der Waals surface area contributed by atoms with Crippen LogP contribution in [-0.2, 0) is 11.2 Å². The van der Waals surface area contributed by atoms with Crippen molar-refractivity contribution in [3.63, 3.8) is 0 Å². The second-order valence-corrected chi connectivity index (χ2v) is 3.49. The molecule has 1 aromatic carbocycles. The molecular formula is C12H14O. The first kappa shape index (κ1) is 8.52. The smallest absolute Gasteiger partial charge is 0.0801 e. The lowest BCUT2D eigenvalue weighted by Crippen LogP contribution is -2.08. The van der Waals surface area contributed by atoms with Crippen molar-refractivity contribution < 1.29 is 4.74 Å². The van der Waals surface area contributed by atoms with Gasteiger partial charge in [-0.2, -0.15) is 0 Å². The molecule has 0 radical (unpaired) electrons. The van der Waals surface area contributed by atoms with E-state index in [1.54, 1.807) is 0 Å². The zero-order chi connectivity index (χ0) is 9.10. The van der Waals surface area contributed by atoms with E-state index in [-0.39, 0.29) is 0 Å². The molecule has 13 heavy (non-hydrogen) atoms. The molecule has 1 heterocycles. The maximum atomic E-state index is 5.49. The van der Waals surface area contributed by atoms with Crippen molar-refractivity contribution in [2.45, 2.75) is 19.4 Å². The number of aryl methyl sites for hydroxylation is 1. The third-order valence-electron chi connectivity index (χ3n) is 2.28. The fourth-order valence-electron chi connectivity index (χ4n) is 1.64. The van der Waals surface area contributed by atoms with E-state index in [1.807, 2.05) is 0 Å². The van der Waals surface area contributed by atoms with Gasteiger partial charge >= 0.3 is 0 Å². The molecule has 68 valence electrons. The zero-order valence-electron chi connectivity index (χ0n) is 7.86. The highest BCUT2D eigenvalue weighted by Crippen LogP contribution is 2.12. The number of benzene rings is 1. The fourth-order valence-corrected chi connectivity index (χ4v) is 1.64. The minimum absolute atomic E-state index is 0.293. The summed E-state index contributed by atoms with van der Waals surface area (Å²) in [6, 6.07) is 8.59. The number of hydrogen-bond acceptors (Lipinski definition) is 1. The Kier molecular flexibility index (Phi) is 2.46. The fraction of sp³-hybridized carbons (Fsp3) is 0.333. The summed E-state index contributed by atoms with van der Waals surface area (Å²) >= 11 is 0. The van der Waals surface area contributed by atoms with Gasteiger partial charge in [-0.25, -0.2) is 0 Å². The molecule has 0 aromatic heterocycles. The van der Waals surface area contributed by atoms with Crippen molar-refractivity contribution in [1.29, 1.82) is 0 Å². The van der Waals surface area contributed by atoms with Gasteiger partial charge in [0.25, 0.3) is 0 Å². The van der Waals surface area contributed by atoms with Crippen LogP contribution in [0.25, 0.3) is 0 Å². The summed E-state index contributed by atoms with van der Waals surface area (Å²) in [7, 11) is 0. The highest BCUT2D eigenvalue weighted by atomic mass is 16.5. The second-order valence-electron chi connectivity index (χ2n) is 3.49. The predicted octanol–water partition coefficient (Wildman–Crippen LogP) is 2.49. The lowest BCUT2D eigenvalue weighted by atomic mass is 10.1. The average molecular weight is 174 g/mol. The standard InChI is InChI=1S/C12H14O/c1-10-4-2-5-11(8-10)9-12-6-3-7-13-12/h2-6,8,12H,7,9H2,1H3/t12-/m1/s1. The molecule has 1 nitrogen and oxygen atoms in total. The number of hydrogen-bond donors (Lipinski definition) is 0. The SMILES string of the molecule is Cc1cccc(C[C@H]2C=CCO2)c1. The molecule has 0 aliphatic carbocycles. The Morgan fingerprint density at radius 3 is 3.08 bits per heavy atom. The van der Waals surface area contributed by atoms with Crippen LogP contribution in [0.4, 0.5) is 0 Å². The van der Waals surface area contributed by atoms with Gasteiger partial charge in [-0.05, 0) is 12.5 Å². The van der Waals surface area contributed by atoms with Crippen molar-refractivity contribution in [2.24, 2.45) is 0 Å². The summed E-state index contributed by atoms with van der Waals surface area (Å²) in [5.74, 6) is 0. The molecule has 1 aliphatic rings. The molecule has 0 unspecified atom stereocenters. The summed E-state index contributed by atoms with van der Waals surface area (Å²) in [5.41, 5.74) is 2.68. The Balaban J connectivity index is 2.04. The molecular weight excluding hydrogens is 160 g/mol. The van der Waals surface area contributed by atoms with Gasteiger partial charge in [0.1, 0.15) is 0 Å². The van der Waals surface area contributed by atoms with Crippen LogP contribution < -0.4 is 0 Å². The van der Waals surface area contributed by atoms with Gasteiger partial charge in [-0.3, -0.25) is 0 Å². The van der Waals surface area contributed by atoms with Crippen LogP contribution in [0.3, 0.4) is 0 Å². The molecule has 0 spiro atoms. The monoisotopic (exact) mass is 174 g/mol. The van der Waals surface area contributed by atoms with Gasteiger partial charge in [-0.1, -0.05) is 42.0 Å². The van der Waals surface area contributed by atoms with Crippen LogP contribution in [0.5, 0.6) is 0 Å². The lowest BCUT2D eigenvalue weighted by Gasteiger charge is -2.08. The normalized spacial score (nSPS) is 20.8. The van der Waals surface area contributed by atoms with E-state index >= 15 is 0 Å². The third-order valence-corrected chi connectivity index (χ3v) is 2.28. The summed E-state index contributed by atoms with van der Waals surface area (Å²) in [4.78, 5) is 0. The molecule has 1 heteroatoms. The first-order valence-electron chi connectivity index (χ1n) is 4.68. The minimum atomic E-state index is 0.293. The van der Waals surface area contributed by atoms with Crippen molar-refractivity contribution in [2.75, 3.05) is 6.61 Å². The molecule has 1 aromatic rings. The van der Waals surface area contributed by atoms with E-state index in [2.05, 4.69) is 43.3 Å². The van der Waals surface area contributed by atoms with Crippen molar-refractivity contribution in [3.8, 4) is 0 Å². The van der Waals surface area contributed by atoms with E-state index in [0.717, 1.165) is 13.0 Å². The predicted molar refractivity (Wildman–Crippen MR) is 53.8 cm³/mol. The lowest BCUT2D eigenvalue weighted by molar-refractivity contribution is 0.128. The van der Waals surface area contributed by atoms with Crippen molar-refractivity contribution in [3.05, 3.63) is 47.5 Å². The Bertz CT molecular complexity index is 315. The van der Waals surface area contributed by atoms with Crippen LogP contribution in [0.15, 0.2) is 36.4 Å². The second kappa shape index (κ2) is 3.75. The van der Waals surface area contributed by atoms with Crippen LogP contribution >= 0.6 is 0 Å². The highest BCUT2D eigenvalue weighted by molar-refractivity contribution is 5.23. The van der Waals surface area contributed by atoms with E-state index in [4.69, 9.17) is 4.74 Å². The maximum Gasteiger partial charge on any atom is 0.0801 e. The molecule has 0 N–H and O–H groups in total. The van der Waals surface area contributed by atoms with E-state index in [0.29, 0.717) is 6.10 Å². The molecule has 0 fully saturated rings. The van der Waals surface area contributed by atoms with Gasteiger partial charge in [0, 0.05) is 6.42 Å². The Hall–Kier alpha value is -1.08.